The van der Waals surface area contributed by atoms with E-state index >= 15 is 0 Å². The van der Waals surface area contributed by atoms with Crippen LogP contribution in [-0.4, -0.2) is 20.9 Å². The number of thioether (sulfide) groups is 1. The summed E-state index contributed by atoms with van der Waals surface area (Å²) in [7, 11) is 0. The van der Waals surface area contributed by atoms with E-state index < -0.39 is 0 Å². The highest BCUT2D eigenvalue weighted by molar-refractivity contribution is 8.01. The van der Waals surface area contributed by atoms with Crippen LogP contribution in [0.25, 0.3) is 5.69 Å². The fourth-order valence-electron chi connectivity index (χ4n) is 4.05. The molecule has 3 aromatic carbocycles. The van der Waals surface area contributed by atoms with Crippen molar-refractivity contribution in [2.45, 2.75) is 31.3 Å². The maximum Gasteiger partial charge on any atom is 0.238 e. The molecule has 33 heavy (non-hydrogen) atoms. The van der Waals surface area contributed by atoms with Gasteiger partial charge in [0.1, 0.15) is 17.3 Å². The molecule has 0 bridgehead atoms. The molecule has 1 aromatic heterocycles. The molecule has 0 unspecified atom stereocenters. The van der Waals surface area contributed by atoms with E-state index in [9.17, 15) is 4.79 Å². The van der Waals surface area contributed by atoms with Gasteiger partial charge in [0.2, 0.25) is 5.91 Å². The van der Waals surface area contributed by atoms with Gasteiger partial charge in [0.15, 0.2) is 0 Å². The number of ether oxygens (including phenoxy) is 1. The summed E-state index contributed by atoms with van der Waals surface area (Å²) < 4.78 is 7.82. The molecule has 2 atom stereocenters. The van der Waals surface area contributed by atoms with Gasteiger partial charge in [-0.05, 0) is 68.3 Å². The van der Waals surface area contributed by atoms with E-state index in [0.29, 0.717) is 0 Å². The van der Waals surface area contributed by atoms with Gasteiger partial charge in [-0.3, -0.25) is 4.79 Å². The van der Waals surface area contributed by atoms with E-state index in [2.05, 4.69) is 36.5 Å². The van der Waals surface area contributed by atoms with Crippen LogP contribution < -0.4 is 10.1 Å². The topological polar surface area (TPSA) is 56.2 Å². The number of aromatic nitrogens is 2. The summed E-state index contributed by atoms with van der Waals surface area (Å²) in [5, 5.41) is 7.73. The Morgan fingerprint density at radius 1 is 0.939 bits per heavy atom. The Hall–Kier alpha value is -3.51. The fourth-order valence-corrected chi connectivity index (χ4v) is 5.38. The Kier molecular flexibility index (Phi) is 5.68. The number of rotatable bonds is 4. The molecule has 0 saturated heterocycles. The molecule has 0 aliphatic carbocycles. The van der Waals surface area contributed by atoms with Crippen LogP contribution in [0.15, 0.2) is 78.9 Å². The second-order valence-electron chi connectivity index (χ2n) is 8.23. The number of hydrogen-bond donors (Lipinski definition) is 1. The lowest BCUT2D eigenvalue weighted by atomic mass is 10.0. The van der Waals surface area contributed by atoms with Crippen molar-refractivity contribution >= 4 is 23.5 Å². The van der Waals surface area contributed by atoms with Crippen molar-refractivity contribution in [1.29, 1.82) is 0 Å². The number of carbonyl (C=O) groups excluding carboxylic acids is 1. The van der Waals surface area contributed by atoms with Gasteiger partial charge in [-0.2, -0.15) is 5.10 Å². The Bertz CT molecular complexity index is 1300. The average molecular weight is 456 g/mol. The van der Waals surface area contributed by atoms with Gasteiger partial charge in [0, 0.05) is 5.56 Å². The first-order valence-corrected chi connectivity index (χ1v) is 11.9. The van der Waals surface area contributed by atoms with Crippen molar-refractivity contribution in [3.63, 3.8) is 0 Å². The zero-order valence-corrected chi connectivity index (χ0v) is 19.6. The molecule has 0 spiro atoms. The van der Waals surface area contributed by atoms with E-state index in [-0.39, 0.29) is 16.4 Å². The smallest absolute Gasteiger partial charge is 0.238 e. The first kappa shape index (κ1) is 21.3. The summed E-state index contributed by atoms with van der Waals surface area (Å²) in [6.45, 7) is 6.01. The Morgan fingerprint density at radius 3 is 2.39 bits per heavy atom. The molecule has 5 rings (SSSR count). The molecule has 1 amide bonds. The molecule has 4 aromatic rings. The standard InChI is InChI=1S/C27H25N3O2S/c1-17-8-7-9-21(16-17)30-26-24(18(2)29-30)25(33-19(3)27(31)28-26)20-12-14-23(15-13-20)32-22-10-5-4-6-11-22/h4-16,19,25H,1-3H3,(H,28,31)/t19-,25+/m0/s1. The maximum atomic E-state index is 12.9. The highest BCUT2D eigenvalue weighted by atomic mass is 32.2. The first-order valence-electron chi connectivity index (χ1n) is 11.0. The van der Waals surface area contributed by atoms with E-state index in [0.717, 1.165) is 45.4 Å². The van der Waals surface area contributed by atoms with Crippen LogP contribution in [0.1, 0.15) is 34.6 Å². The van der Waals surface area contributed by atoms with Crippen LogP contribution >= 0.6 is 11.8 Å². The molecule has 1 aliphatic heterocycles. The SMILES string of the molecule is Cc1cccc(-n2nc(C)c3c2NC(=O)[C@H](C)S[C@@H]3c2ccc(Oc3ccccc3)cc2)c1. The van der Waals surface area contributed by atoms with Crippen LogP contribution in [0.3, 0.4) is 0 Å². The van der Waals surface area contributed by atoms with Gasteiger partial charge in [0.05, 0.1) is 21.9 Å². The monoisotopic (exact) mass is 455 g/mol. The summed E-state index contributed by atoms with van der Waals surface area (Å²) in [6.07, 6.45) is 0. The minimum atomic E-state index is -0.201. The minimum Gasteiger partial charge on any atom is -0.457 e. The molecule has 2 heterocycles. The van der Waals surface area contributed by atoms with Gasteiger partial charge < -0.3 is 10.1 Å². The third-order valence-corrected chi connectivity index (χ3v) is 7.13. The molecule has 5 nitrogen and oxygen atoms in total. The highest BCUT2D eigenvalue weighted by Gasteiger charge is 2.34. The average Bonchev–Trinajstić information content (AvgIpc) is 3.07. The van der Waals surface area contributed by atoms with E-state index in [1.165, 1.54) is 0 Å². The second-order valence-corrected chi connectivity index (χ2v) is 9.68. The number of nitrogens with one attached hydrogen (secondary N) is 1. The number of aryl methyl sites for hydroxylation is 2. The summed E-state index contributed by atoms with van der Waals surface area (Å²) in [6, 6.07) is 26.0. The lowest BCUT2D eigenvalue weighted by Crippen LogP contribution is -2.22. The zero-order chi connectivity index (χ0) is 22.9. The zero-order valence-electron chi connectivity index (χ0n) is 18.8. The Morgan fingerprint density at radius 2 is 1.67 bits per heavy atom. The van der Waals surface area contributed by atoms with Crippen LogP contribution in [0.2, 0.25) is 0 Å². The minimum absolute atomic E-state index is 0.0124. The molecule has 0 fully saturated rings. The van der Waals surface area contributed by atoms with Gasteiger partial charge in [-0.25, -0.2) is 4.68 Å². The van der Waals surface area contributed by atoms with E-state index in [1.54, 1.807) is 11.8 Å². The molecule has 1 aliphatic rings. The normalized spacial score (nSPS) is 17.7. The van der Waals surface area contributed by atoms with Gasteiger partial charge >= 0.3 is 0 Å². The maximum absolute atomic E-state index is 12.9. The van der Waals surface area contributed by atoms with E-state index in [1.807, 2.05) is 73.1 Å². The highest BCUT2D eigenvalue weighted by Crippen LogP contribution is 2.46. The molecule has 0 saturated carbocycles. The van der Waals surface area contributed by atoms with Crippen LogP contribution in [-0.2, 0) is 4.79 Å². The van der Waals surface area contributed by atoms with E-state index in [4.69, 9.17) is 9.84 Å². The Balaban J connectivity index is 1.54. The Labute approximate surface area is 197 Å². The lowest BCUT2D eigenvalue weighted by molar-refractivity contribution is -0.115. The van der Waals surface area contributed by atoms with Crippen molar-refractivity contribution in [2.75, 3.05) is 5.32 Å². The van der Waals surface area contributed by atoms with Crippen molar-refractivity contribution in [3.8, 4) is 17.2 Å². The number of nitrogens with zero attached hydrogens (tertiary/aromatic N) is 2. The number of benzene rings is 3. The quantitative estimate of drug-likeness (QED) is 0.384. The third-order valence-electron chi connectivity index (χ3n) is 5.73. The largest absolute Gasteiger partial charge is 0.457 e. The van der Waals surface area contributed by atoms with Crippen molar-refractivity contribution < 1.29 is 9.53 Å². The molecule has 6 heteroatoms. The third kappa shape index (κ3) is 4.26. The van der Waals surface area contributed by atoms with Crippen LogP contribution in [0.5, 0.6) is 11.5 Å². The molecular formula is C27H25N3O2S. The van der Waals surface area contributed by atoms with Crippen molar-refractivity contribution in [3.05, 3.63) is 101 Å². The number of para-hydroxylation sites is 1. The van der Waals surface area contributed by atoms with Crippen molar-refractivity contribution in [1.82, 2.24) is 9.78 Å². The summed E-state index contributed by atoms with van der Waals surface area (Å²) >= 11 is 1.64. The number of fused-ring (bicyclic) bond motifs is 1. The molecule has 166 valence electrons. The fraction of sp³-hybridized carbons (Fsp3) is 0.185. The van der Waals surface area contributed by atoms with Crippen LogP contribution in [0.4, 0.5) is 5.82 Å². The molecular weight excluding hydrogens is 430 g/mol. The summed E-state index contributed by atoms with van der Waals surface area (Å²) in [5.74, 6) is 2.31. The van der Waals surface area contributed by atoms with Crippen LogP contribution in [0, 0.1) is 13.8 Å². The predicted molar refractivity (Wildman–Crippen MR) is 134 cm³/mol. The summed E-state index contributed by atoms with van der Waals surface area (Å²) in [4.78, 5) is 12.9. The molecule has 0 radical (unpaired) electrons. The number of hydrogen-bond acceptors (Lipinski definition) is 4. The van der Waals surface area contributed by atoms with Gasteiger partial charge in [-0.1, -0.05) is 42.5 Å². The lowest BCUT2D eigenvalue weighted by Gasteiger charge is -2.18. The molecule has 1 N–H and O–H groups in total. The number of anilines is 1. The summed E-state index contributed by atoms with van der Waals surface area (Å²) in [5.41, 5.74) is 5.13. The van der Waals surface area contributed by atoms with Gasteiger partial charge in [0.25, 0.3) is 0 Å². The second kappa shape index (κ2) is 8.79. The first-order chi connectivity index (χ1) is 16.0. The number of amides is 1. The van der Waals surface area contributed by atoms with Gasteiger partial charge in [-0.15, -0.1) is 11.8 Å². The predicted octanol–water partition coefficient (Wildman–Crippen LogP) is 6.44. The number of carbonyl (C=O) groups is 1. The van der Waals surface area contributed by atoms with Crippen molar-refractivity contribution in [2.24, 2.45) is 0 Å².